The van der Waals surface area contributed by atoms with Crippen LogP contribution in [0.1, 0.15) is 16.7 Å². The van der Waals surface area contributed by atoms with Gasteiger partial charge in [0, 0.05) is 0 Å². The van der Waals surface area contributed by atoms with Crippen LogP contribution in [0.4, 0.5) is 0 Å². The summed E-state index contributed by atoms with van der Waals surface area (Å²) in [5.41, 5.74) is 3.11. The first-order valence-corrected chi connectivity index (χ1v) is 17.6. The third-order valence-electron chi connectivity index (χ3n) is 8.09. The average Bonchev–Trinajstić information content (AvgIpc) is 3.16. The molecule has 50 heavy (non-hydrogen) atoms. The molecule has 0 N–H and O–H groups in total. The molecule has 2 aliphatic rings. The van der Waals surface area contributed by atoms with Crippen LogP contribution in [0.2, 0.25) is 0 Å². The monoisotopic (exact) mass is 696 g/mol. The topological polar surface area (TPSA) is 102 Å². The minimum atomic E-state index is -0.781. The third-order valence-corrected chi connectivity index (χ3v) is 8.09. The number of hydrogen-bond acceptors (Lipinski definition) is 11. The van der Waals surface area contributed by atoms with Crippen LogP contribution in [0.25, 0.3) is 0 Å². The lowest BCUT2D eigenvalue weighted by Gasteiger charge is -2.45. The van der Waals surface area contributed by atoms with Gasteiger partial charge in [-0.05, 0) is 16.7 Å². The first-order valence-electron chi connectivity index (χ1n) is 17.6. The Labute approximate surface area is 295 Å². The van der Waals surface area contributed by atoms with Gasteiger partial charge in [0.05, 0.1) is 106 Å². The molecule has 0 amide bonds. The van der Waals surface area contributed by atoms with Crippen LogP contribution < -0.4 is 0 Å². The van der Waals surface area contributed by atoms with Gasteiger partial charge in [-0.2, -0.15) is 0 Å². The van der Waals surface area contributed by atoms with Crippen molar-refractivity contribution in [3.05, 3.63) is 108 Å². The second kappa shape index (κ2) is 23.6. The van der Waals surface area contributed by atoms with Gasteiger partial charge in [-0.15, -0.1) is 0 Å². The van der Waals surface area contributed by atoms with E-state index in [0.717, 1.165) is 16.7 Å². The Balaban J connectivity index is 1.35. The zero-order valence-corrected chi connectivity index (χ0v) is 28.9. The molecule has 0 radical (unpaired) electrons. The molecule has 2 aliphatic heterocycles. The maximum atomic E-state index is 6.72. The van der Waals surface area contributed by atoms with Crippen LogP contribution >= 0.6 is 0 Å². The van der Waals surface area contributed by atoms with E-state index >= 15 is 0 Å². The highest BCUT2D eigenvalue weighted by Gasteiger charge is 2.49. The summed E-state index contributed by atoms with van der Waals surface area (Å²) in [5, 5.41) is 0. The molecular weight excluding hydrogens is 644 g/mol. The maximum Gasteiger partial charge on any atom is 0.187 e. The van der Waals surface area contributed by atoms with Crippen molar-refractivity contribution in [2.45, 2.75) is 50.5 Å². The van der Waals surface area contributed by atoms with Gasteiger partial charge >= 0.3 is 0 Å². The van der Waals surface area contributed by atoms with E-state index in [1.165, 1.54) is 0 Å². The SMILES string of the molecule is c1ccc(COC[C@H]2O[C@@H]3OCCOCCOCCOCCOCCOCCO[C@H]2[C@H](OCc2ccccc2)[C@H]3OCc2ccccc2)cc1. The third kappa shape index (κ3) is 14.1. The Hall–Kier alpha value is -2.78. The molecule has 11 heteroatoms. The highest BCUT2D eigenvalue weighted by molar-refractivity contribution is 5.15. The Kier molecular flexibility index (Phi) is 18.2. The molecule has 0 aliphatic carbocycles. The van der Waals surface area contributed by atoms with Crippen molar-refractivity contribution in [3.63, 3.8) is 0 Å². The maximum absolute atomic E-state index is 6.72. The zero-order valence-electron chi connectivity index (χ0n) is 28.9. The number of ether oxygens (including phenoxy) is 11. The fourth-order valence-electron chi connectivity index (χ4n) is 5.56. The number of rotatable bonds is 10. The van der Waals surface area contributed by atoms with Crippen molar-refractivity contribution in [2.75, 3.05) is 85.9 Å². The molecular formula is C39H52O11. The first-order chi connectivity index (χ1) is 24.9. The second-order valence-corrected chi connectivity index (χ2v) is 11.8. The van der Waals surface area contributed by atoms with Gasteiger partial charge in [0.15, 0.2) is 6.29 Å². The normalized spacial score (nSPS) is 25.6. The quantitative estimate of drug-likeness (QED) is 0.298. The average molecular weight is 697 g/mol. The fourth-order valence-corrected chi connectivity index (χ4v) is 5.56. The van der Waals surface area contributed by atoms with Crippen molar-refractivity contribution >= 4 is 0 Å². The molecule has 2 saturated heterocycles. The van der Waals surface area contributed by atoms with Crippen LogP contribution in [0, 0.1) is 0 Å². The number of hydrogen-bond donors (Lipinski definition) is 0. The summed E-state index contributed by atoms with van der Waals surface area (Å²) < 4.78 is 67.6. The summed E-state index contributed by atoms with van der Waals surface area (Å²) in [5.74, 6) is 0. The predicted octanol–water partition coefficient (Wildman–Crippen LogP) is 4.60. The van der Waals surface area contributed by atoms with Gasteiger partial charge in [0.1, 0.15) is 24.4 Å². The summed E-state index contributed by atoms with van der Waals surface area (Å²) in [4.78, 5) is 0. The van der Waals surface area contributed by atoms with E-state index in [2.05, 4.69) is 0 Å². The van der Waals surface area contributed by atoms with Crippen LogP contribution in [-0.2, 0) is 71.9 Å². The van der Waals surface area contributed by atoms with E-state index in [9.17, 15) is 0 Å². The van der Waals surface area contributed by atoms with Crippen molar-refractivity contribution in [3.8, 4) is 0 Å². The molecule has 0 unspecified atom stereocenters. The van der Waals surface area contributed by atoms with Crippen LogP contribution in [0.15, 0.2) is 91.0 Å². The molecule has 3 aromatic carbocycles. The summed E-state index contributed by atoms with van der Waals surface area (Å²) >= 11 is 0. The molecule has 5 rings (SSSR count). The molecule has 274 valence electrons. The lowest BCUT2D eigenvalue weighted by Crippen LogP contribution is -2.62. The highest BCUT2D eigenvalue weighted by atomic mass is 16.7. The van der Waals surface area contributed by atoms with E-state index in [1.54, 1.807) is 0 Å². The smallest absolute Gasteiger partial charge is 0.187 e. The fraction of sp³-hybridized carbons (Fsp3) is 0.538. The number of fused-ring (bicyclic) bond motifs is 3. The van der Waals surface area contributed by atoms with E-state index in [4.69, 9.17) is 52.1 Å². The molecule has 0 saturated carbocycles. The van der Waals surface area contributed by atoms with E-state index in [0.29, 0.717) is 92.5 Å². The summed E-state index contributed by atoms with van der Waals surface area (Å²) in [6.07, 6.45) is -3.06. The van der Waals surface area contributed by atoms with Gasteiger partial charge in [-0.3, -0.25) is 0 Å². The van der Waals surface area contributed by atoms with Crippen molar-refractivity contribution < 1.29 is 52.1 Å². The van der Waals surface area contributed by atoms with E-state index in [1.807, 2.05) is 91.0 Å². The first kappa shape index (κ1) is 38.5. The lowest BCUT2D eigenvalue weighted by atomic mass is 9.98. The van der Waals surface area contributed by atoms with Gasteiger partial charge in [-0.25, -0.2) is 0 Å². The largest absolute Gasteiger partial charge is 0.377 e. The Morgan fingerprint density at radius 2 is 0.840 bits per heavy atom. The van der Waals surface area contributed by atoms with Crippen LogP contribution in [0.5, 0.6) is 0 Å². The molecule has 2 heterocycles. The molecule has 0 aromatic heterocycles. The molecule has 3 aromatic rings. The van der Waals surface area contributed by atoms with Crippen molar-refractivity contribution in [1.82, 2.24) is 0 Å². The molecule has 2 fully saturated rings. The van der Waals surface area contributed by atoms with Crippen LogP contribution in [-0.4, -0.2) is 117 Å². The lowest BCUT2D eigenvalue weighted by molar-refractivity contribution is -0.328. The van der Waals surface area contributed by atoms with Crippen molar-refractivity contribution in [1.29, 1.82) is 0 Å². The van der Waals surface area contributed by atoms with Crippen molar-refractivity contribution in [2.24, 2.45) is 0 Å². The minimum Gasteiger partial charge on any atom is -0.377 e. The summed E-state index contributed by atoms with van der Waals surface area (Å²) in [7, 11) is 0. The Bertz CT molecular complexity index is 1250. The van der Waals surface area contributed by atoms with Gasteiger partial charge in [-0.1, -0.05) is 91.0 Å². The van der Waals surface area contributed by atoms with E-state index < -0.39 is 30.7 Å². The Morgan fingerprint density at radius 1 is 0.440 bits per heavy atom. The predicted molar refractivity (Wildman–Crippen MR) is 185 cm³/mol. The number of benzene rings is 3. The molecule has 2 bridgehead atoms. The minimum absolute atomic E-state index is 0.251. The van der Waals surface area contributed by atoms with Crippen LogP contribution in [0.3, 0.4) is 0 Å². The standard InChI is InChI=1S/C39H52O11/c1-4-10-32(11-5-1)28-45-31-35-36-37(48-29-33-12-6-2-7-13-33)38(49-30-34-14-8-3-9-15-34)39(50-35)47-27-25-44-23-21-42-19-17-40-16-18-41-20-22-43-24-26-46-36/h1-15,35-39H,16-31H2/t35-,36-,37+,38-,39+/m1/s1. The molecule has 11 nitrogen and oxygen atoms in total. The summed E-state index contributed by atoms with van der Waals surface area (Å²) in [6, 6.07) is 30.1. The van der Waals surface area contributed by atoms with Gasteiger partial charge < -0.3 is 52.1 Å². The van der Waals surface area contributed by atoms with Gasteiger partial charge in [0.25, 0.3) is 0 Å². The summed E-state index contributed by atoms with van der Waals surface area (Å²) in [6.45, 7) is 6.40. The molecule has 0 spiro atoms. The second-order valence-electron chi connectivity index (χ2n) is 11.8. The molecule has 5 atom stereocenters. The Morgan fingerprint density at radius 3 is 1.32 bits per heavy atom. The highest BCUT2D eigenvalue weighted by Crippen LogP contribution is 2.31. The van der Waals surface area contributed by atoms with Gasteiger partial charge in [0.2, 0.25) is 0 Å². The van der Waals surface area contributed by atoms with E-state index in [-0.39, 0.29) is 13.2 Å². The zero-order chi connectivity index (χ0) is 34.3.